The highest BCUT2D eigenvalue weighted by Crippen LogP contribution is 2.35. The molecular formula is C17H18N2O. The smallest absolute Gasteiger partial charge is 0.290 e. The molecule has 0 saturated carbocycles. The number of rotatable bonds is 2. The van der Waals surface area contributed by atoms with Crippen molar-refractivity contribution in [2.45, 2.75) is 20.0 Å². The van der Waals surface area contributed by atoms with Crippen LogP contribution in [0.25, 0.3) is 0 Å². The lowest BCUT2D eigenvalue weighted by atomic mass is 9.97. The van der Waals surface area contributed by atoms with E-state index >= 15 is 0 Å². The summed E-state index contributed by atoms with van der Waals surface area (Å²) < 4.78 is 6.03. The molecule has 1 aliphatic rings. The molecule has 1 N–H and O–H groups in total. The van der Waals surface area contributed by atoms with Gasteiger partial charge >= 0.3 is 0 Å². The molecule has 20 heavy (non-hydrogen) atoms. The number of aryl methyl sites for hydroxylation is 1. The van der Waals surface area contributed by atoms with Crippen molar-refractivity contribution in [1.29, 1.82) is 0 Å². The average molecular weight is 266 g/mol. The highest BCUT2D eigenvalue weighted by atomic mass is 16.5. The van der Waals surface area contributed by atoms with E-state index in [9.17, 15) is 0 Å². The molecule has 1 unspecified atom stereocenters. The lowest BCUT2D eigenvalue weighted by Gasteiger charge is -2.29. The predicted molar refractivity (Wildman–Crippen MR) is 82.1 cm³/mol. The minimum atomic E-state index is -0.0994. The van der Waals surface area contributed by atoms with Crippen molar-refractivity contribution < 1.29 is 4.74 Å². The van der Waals surface area contributed by atoms with Crippen LogP contribution in [-0.4, -0.2) is 12.6 Å². The Morgan fingerprint density at radius 3 is 2.70 bits per heavy atom. The zero-order valence-electron chi connectivity index (χ0n) is 11.8. The van der Waals surface area contributed by atoms with Crippen molar-refractivity contribution in [2.75, 3.05) is 11.9 Å². The van der Waals surface area contributed by atoms with Crippen molar-refractivity contribution in [2.24, 2.45) is 4.99 Å². The molecule has 0 radical (unpaired) electrons. The van der Waals surface area contributed by atoms with E-state index in [0.29, 0.717) is 12.6 Å². The van der Waals surface area contributed by atoms with Crippen LogP contribution in [0.1, 0.15) is 29.7 Å². The number of hydrogen-bond acceptors (Lipinski definition) is 2. The molecule has 1 aliphatic heterocycles. The van der Waals surface area contributed by atoms with E-state index in [1.165, 1.54) is 5.56 Å². The highest BCUT2D eigenvalue weighted by molar-refractivity contribution is 5.92. The summed E-state index contributed by atoms with van der Waals surface area (Å²) in [6.45, 7) is 4.79. The second-order valence-corrected chi connectivity index (χ2v) is 4.90. The summed E-state index contributed by atoms with van der Waals surface area (Å²) in [5.41, 5.74) is 4.60. The molecule has 3 heteroatoms. The van der Waals surface area contributed by atoms with Gasteiger partial charge in [0.15, 0.2) is 6.10 Å². The summed E-state index contributed by atoms with van der Waals surface area (Å²) in [6.07, 6.45) is -0.0994. The van der Waals surface area contributed by atoms with Gasteiger partial charge in [0.1, 0.15) is 0 Å². The van der Waals surface area contributed by atoms with Crippen LogP contribution < -0.4 is 5.32 Å². The fraction of sp³-hybridized carbons (Fsp3) is 0.235. The van der Waals surface area contributed by atoms with E-state index in [1.807, 2.05) is 25.1 Å². The maximum atomic E-state index is 6.03. The van der Waals surface area contributed by atoms with Crippen LogP contribution in [0.5, 0.6) is 0 Å². The van der Waals surface area contributed by atoms with Crippen molar-refractivity contribution >= 4 is 11.7 Å². The van der Waals surface area contributed by atoms with E-state index < -0.39 is 0 Å². The van der Waals surface area contributed by atoms with Crippen molar-refractivity contribution in [3.8, 4) is 0 Å². The SMILES string of the molecule is CCN=C1Nc2ccc(C)cc2C(c2ccccc2)O1. The van der Waals surface area contributed by atoms with E-state index in [2.05, 4.69) is 47.6 Å². The Bertz CT molecular complexity index is 635. The summed E-state index contributed by atoms with van der Waals surface area (Å²) in [6, 6.07) is 17.2. The van der Waals surface area contributed by atoms with E-state index in [-0.39, 0.29) is 6.10 Å². The number of benzene rings is 2. The van der Waals surface area contributed by atoms with Gasteiger partial charge in [-0.1, -0.05) is 42.0 Å². The van der Waals surface area contributed by atoms with Gasteiger partial charge in [-0.25, -0.2) is 4.99 Å². The fourth-order valence-electron chi connectivity index (χ4n) is 2.43. The first-order valence-electron chi connectivity index (χ1n) is 6.91. The minimum Gasteiger partial charge on any atom is -0.452 e. The third-order valence-corrected chi connectivity index (χ3v) is 3.36. The Labute approximate surface area is 119 Å². The van der Waals surface area contributed by atoms with Gasteiger partial charge in [0.2, 0.25) is 0 Å². The van der Waals surface area contributed by atoms with Gasteiger partial charge in [0.05, 0.1) is 0 Å². The molecule has 0 saturated heterocycles. The molecule has 0 bridgehead atoms. The standard InChI is InChI=1S/C17H18N2O/c1-3-18-17-19-15-10-9-12(2)11-14(15)16(20-17)13-7-5-4-6-8-13/h4-11,16H,3H2,1-2H3,(H,18,19). The predicted octanol–water partition coefficient (Wildman–Crippen LogP) is 3.90. The third kappa shape index (κ3) is 2.39. The Balaban J connectivity index is 2.09. The molecule has 0 aliphatic carbocycles. The molecule has 1 heterocycles. The van der Waals surface area contributed by atoms with Gasteiger partial charge in [-0.05, 0) is 31.5 Å². The molecular weight excluding hydrogens is 248 g/mol. The second kappa shape index (κ2) is 5.37. The molecule has 2 aromatic rings. The first-order chi connectivity index (χ1) is 9.78. The quantitative estimate of drug-likeness (QED) is 0.894. The van der Waals surface area contributed by atoms with Crippen LogP contribution in [0.15, 0.2) is 53.5 Å². The number of nitrogens with zero attached hydrogens (tertiary/aromatic N) is 1. The van der Waals surface area contributed by atoms with Gasteiger partial charge in [0, 0.05) is 17.8 Å². The number of fused-ring (bicyclic) bond motifs is 1. The first-order valence-corrected chi connectivity index (χ1v) is 6.91. The van der Waals surface area contributed by atoms with Gasteiger partial charge in [-0.2, -0.15) is 0 Å². The minimum absolute atomic E-state index is 0.0994. The van der Waals surface area contributed by atoms with Gasteiger partial charge in [-0.15, -0.1) is 0 Å². The number of amidine groups is 1. The lowest BCUT2D eigenvalue weighted by molar-refractivity contribution is 0.226. The van der Waals surface area contributed by atoms with Crippen LogP contribution in [0.4, 0.5) is 5.69 Å². The number of ether oxygens (including phenoxy) is 1. The van der Waals surface area contributed by atoms with Crippen LogP contribution in [0.2, 0.25) is 0 Å². The molecule has 3 nitrogen and oxygen atoms in total. The van der Waals surface area contributed by atoms with Gasteiger partial charge in [0.25, 0.3) is 6.02 Å². The van der Waals surface area contributed by atoms with Crippen LogP contribution in [0.3, 0.4) is 0 Å². The van der Waals surface area contributed by atoms with E-state index in [0.717, 1.165) is 16.8 Å². The zero-order valence-corrected chi connectivity index (χ0v) is 11.8. The Kier molecular flexibility index (Phi) is 3.42. The maximum absolute atomic E-state index is 6.03. The number of aliphatic imine (C=N–C) groups is 1. The van der Waals surface area contributed by atoms with Crippen molar-refractivity contribution in [3.05, 3.63) is 65.2 Å². The Morgan fingerprint density at radius 1 is 1.15 bits per heavy atom. The van der Waals surface area contributed by atoms with Crippen LogP contribution in [0, 0.1) is 6.92 Å². The van der Waals surface area contributed by atoms with E-state index in [1.54, 1.807) is 0 Å². The summed E-state index contributed by atoms with van der Waals surface area (Å²) in [5, 5.41) is 3.25. The number of anilines is 1. The van der Waals surface area contributed by atoms with Crippen molar-refractivity contribution in [3.63, 3.8) is 0 Å². The summed E-state index contributed by atoms with van der Waals surface area (Å²) in [4.78, 5) is 4.36. The van der Waals surface area contributed by atoms with E-state index in [4.69, 9.17) is 4.74 Å². The largest absolute Gasteiger partial charge is 0.452 e. The molecule has 0 spiro atoms. The van der Waals surface area contributed by atoms with Crippen LogP contribution >= 0.6 is 0 Å². The third-order valence-electron chi connectivity index (χ3n) is 3.36. The van der Waals surface area contributed by atoms with Crippen LogP contribution in [-0.2, 0) is 4.74 Å². The number of hydrogen-bond donors (Lipinski definition) is 1. The topological polar surface area (TPSA) is 33.6 Å². The molecule has 0 fully saturated rings. The second-order valence-electron chi connectivity index (χ2n) is 4.90. The number of nitrogens with one attached hydrogen (secondary N) is 1. The maximum Gasteiger partial charge on any atom is 0.290 e. The summed E-state index contributed by atoms with van der Waals surface area (Å²) in [7, 11) is 0. The monoisotopic (exact) mass is 266 g/mol. The first kappa shape index (κ1) is 12.7. The molecule has 0 amide bonds. The van der Waals surface area contributed by atoms with Gasteiger partial charge in [-0.3, -0.25) is 0 Å². The normalized spacial score (nSPS) is 19.1. The van der Waals surface area contributed by atoms with Gasteiger partial charge < -0.3 is 10.1 Å². The molecule has 0 aromatic heterocycles. The summed E-state index contributed by atoms with van der Waals surface area (Å²) >= 11 is 0. The summed E-state index contributed by atoms with van der Waals surface area (Å²) in [5.74, 6) is 0. The Morgan fingerprint density at radius 2 is 1.95 bits per heavy atom. The Hall–Kier alpha value is -2.29. The van der Waals surface area contributed by atoms with Crippen molar-refractivity contribution in [1.82, 2.24) is 0 Å². The molecule has 2 aromatic carbocycles. The zero-order chi connectivity index (χ0) is 13.9. The average Bonchev–Trinajstić information content (AvgIpc) is 2.48. The molecule has 102 valence electrons. The highest BCUT2D eigenvalue weighted by Gasteiger charge is 2.26. The molecule has 1 atom stereocenters. The molecule has 3 rings (SSSR count). The fourth-order valence-corrected chi connectivity index (χ4v) is 2.43. The lowest BCUT2D eigenvalue weighted by Crippen LogP contribution is -2.27.